The van der Waals surface area contributed by atoms with E-state index >= 15 is 0 Å². The number of benzene rings is 2. The Bertz CT molecular complexity index is 644. The van der Waals surface area contributed by atoms with Crippen molar-refractivity contribution in [2.75, 3.05) is 0 Å². The van der Waals surface area contributed by atoms with Crippen molar-refractivity contribution in [3.63, 3.8) is 0 Å². The van der Waals surface area contributed by atoms with Crippen LogP contribution in [0.4, 0.5) is 0 Å². The van der Waals surface area contributed by atoms with Gasteiger partial charge in [0.2, 0.25) is 0 Å². The smallest absolute Gasteiger partial charge is 0.315 e. The fraction of sp³-hybridized carbons (Fsp3) is 0.211. The van der Waals surface area contributed by atoms with E-state index in [-0.39, 0.29) is 17.8 Å². The molecule has 0 fully saturated rings. The molecule has 0 aromatic heterocycles. The molecule has 0 bridgehead atoms. The maximum absolute atomic E-state index is 12.3. The van der Waals surface area contributed by atoms with E-state index in [0.717, 1.165) is 17.5 Å². The van der Waals surface area contributed by atoms with Crippen LogP contribution in [0, 0.1) is 5.92 Å². The second-order valence-corrected chi connectivity index (χ2v) is 5.27. The number of hydrogen-bond acceptors (Lipinski definition) is 2. The van der Waals surface area contributed by atoms with Gasteiger partial charge in [-0.15, -0.1) is 0 Å². The minimum absolute atomic E-state index is 0.0765. The molecule has 1 aliphatic rings. The van der Waals surface area contributed by atoms with Gasteiger partial charge >= 0.3 is 5.97 Å². The van der Waals surface area contributed by atoms with Crippen LogP contribution >= 0.6 is 0 Å². The van der Waals surface area contributed by atoms with E-state index in [1.807, 2.05) is 55.5 Å². The lowest BCUT2D eigenvalue weighted by molar-refractivity contribution is -0.142. The summed E-state index contributed by atoms with van der Waals surface area (Å²) in [5, 5.41) is 0. The minimum Gasteiger partial charge on any atom is -0.426 e. The number of ether oxygens (including phenoxy) is 1. The van der Waals surface area contributed by atoms with Crippen molar-refractivity contribution < 1.29 is 9.53 Å². The summed E-state index contributed by atoms with van der Waals surface area (Å²) in [4.78, 5) is 12.3. The molecule has 2 heteroatoms. The normalized spacial score (nSPS) is 21.6. The van der Waals surface area contributed by atoms with Gasteiger partial charge < -0.3 is 4.74 Å². The molecule has 0 saturated heterocycles. The topological polar surface area (TPSA) is 26.3 Å². The summed E-state index contributed by atoms with van der Waals surface area (Å²) in [6.45, 7) is 2.03. The summed E-state index contributed by atoms with van der Waals surface area (Å²) in [7, 11) is 0. The molecular formula is C19H18O2. The quantitative estimate of drug-likeness (QED) is 0.778. The van der Waals surface area contributed by atoms with Crippen LogP contribution in [0.1, 0.15) is 30.4 Å². The van der Waals surface area contributed by atoms with Gasteiger partial charge in [-0.1, -0.05) is 67.6 Å². The van der Waals surface area contributed by atoms with Gasteiger partial charge in [-0.05, 0) is 18.1 Å². The highest BCUT2D eigenvalue weighted by Gasteiger charge is 2.33. The lowest BCUT2D eigenvalue weighted by Crippen LogP contribution is -2.27. The zero-order chi connectivity index (χ0) is 14.7. The Balaban J connectivity index is 2.03. The molecule has 2 aromatic carbocycles. The van der Waals surface area contributed by atoms with Crippen molar-refractivity contribution in [2.24, 2.45) is 5.92 Å². The Morgan fingerprint density at radius 2 is 1.57 bits per heavy atom. The molecule has 0 N–H and O–H groups in total. The zero-order valence-electron chi connectivity index (χ0n) is 12.0. The van der Waals surface area contributed by atoms with Crippen LogP contribution in [-0.2, 0) is 9.53 Å². The molecule has 2 atom stereocenters. The second kappa shape index (κ2) is 5.96. The highest BCUT2D eigenvalue weighted by molar-refractivity contribution is 5.84. The minimum atomic E-state index is -0.132. The van der Waals surface area contributed by atoms with Crippen LogP contribution in [0.15, 0.2) is 66.7 Å². The number of allylic oxidation sites excluding steroid dienone is 1. The van der Waals surface area contributed by atoms with Crippen LogP contribution < -0.4 is 0 Å². The van der Waals surface area contributed by atoms with E-state index in [4.69, 9.17) is 4.74 Å². The molecule has 21 heavy (non-hydrogen) atoms. The molecule has 0 amide bonds. The molecule has 0 radical (unpaired) electrons. The highest BCUT2D eigenvalue weighted by atomic mass is 16.5. The second-order valence-electron chi connectivity index (χ2n) is 5.27. The molecule has 0 unspecified atom stereocenters. The molecule has 106 valence electrons. The van der Waals surface area contributed by atoms with Crippen LogP contribution in [0.5, 0.6) is 0 Å². The summed E-state index contributed by atoms with van der Waals surface area (Å²) in [5.74, 6) is 0.499. The van der Waals surface area contributed by atoms with E-state index in [2.05, 4.69) is 18.2 Å². The van der Waals surface area contributed by atoms with Gasteiger partial charge in [-0.2, -0.15) is 0 Å². The van der Waals surface area contributed by atoms with Crippen molar-refractivity contribution in [1.29, 1.82) is 0 Å². The molecule has 2 aromatic rings. The van der Waals surface area contributed by atoms with Crippen molar-refractivity contribution >= 4 is 11.7 Å². The van der Waals surface area contributed by atoms with Gasteiger partial charge in [0.05, 0.1) is 5.92 Å². The van der Waals surface area contributed by atoms with Crippen LogP contribution in [0.3, 0.4) is 0 Å². The van der Waals surface area contributed by atoms with Crippen molar-refractivity contribution in [3.8, 4) is 0 Å². The predicted octanol–water partition coefficient (Wildman–Crippen LogP) is 4.39. The van der Waals surface area contributed by atoms with E-state index in [9.17, 15) is 4.79 Å². The summed E-state index contributed by atoms with van der Waals surface area (Å²) in [6, 6.07) is 20.0. The van der Waals surface area contributed by atoms with Crippen molar-refractivity contribution in [2.45, 2.75) is 19.3 Å². The Morgan fingerprint density at radius 1 is 0.952 bits per heavy atom. The number of cyclic esters (lactones) is 1. The van der Waals surface area contributed by atoms with Gasteiger partial charge in [-0.25, -0.2) is 0 Å². The molecular weight excluding hydrogens is 260 g/mol. The third-order valence-electron chi connectivity index (χ3n) is 3.96. The average molecular weight is 278 g/mol. The number of carbonyl (C=O) groups excluding carboxylic acids is 1. The fourth-order valence-electron chi connectivity index (χ4n) is 2.83. The summed E-state index contributed by atoms with van der Waals surface area (Å²) in [6.07, 6.45) is 2.86. The molecule has 3 rings (SSSR count). The Morgan fingerprint density at radius 3 is 2.19 bits per heavy atom. The standard InChI is InChI=1S/C19H18O2/c1-2-16-17(14-9-5-3-6-10-14)13-18(21-19(16)20)15-11-7-4-8-12-15/h3-13,16-17H,2H2,1H3/t16-,17-/m0/s1. The van der Waals surface area contributed by atoms with E-state index in [1.165, 1.54) is 0 Å². The number of hydrogen-bond donors (Lipinski definition) is 0. The molecule has 1 aliphatic heterocycles. The van der Waals surface area contributed by atoms with Crippen molar-refractivity contribution in [3.05, 3.63) is 77.9 Å². The van der Waals surface area contributed by atoms with E-state index < -0.39 is 0 Å². The van der Waals surface area contributed by atoms with Gasteiger partial charge in [0, 0.05) is 11.5 Å². The first kappa shape index (κ1) is 13.6. The van der Waals surface area contributed by atoms with Crippen LogP contribution in [0.2, 0.25) is 0 Å². The maximum atomic E-state index is 12.3. The first-order valence-corrected chi connectivity index (χ1v) is 7.33. The monoisotopic (exact) mass is 278 g/mol. The van der Waals surface area contributed by atoms with Gasteiger partial charge in [0.1, 0.15) is 5.76 Å². The zero-order valence-corrected chi connectivity index (χ0v) is 12.0. The molecule has 2 nitrogen and oxygen atoms in total. The average Bonchev–Trinajstić information content (AvgIpc) is 2.55. The van der Waals surface area contributed by atoms with Crippen LogP contribution in [0.25, 0.3) is 5.76 Å². The largest absolute Gasteiger partial charge is 0.426 e. The summed E-state index contributed by atoms with van der Waals surface area (Å²) in [5.41, 5.74) is 2.11. The van der Waals surface area contributed by atoms with E-state index in [0.29, 0.717) is 5.76 Å². The van der Waals surface area contributed by atoms with Gasteiger partial charge in [-0.3, -0.25) is 4.79 Å². The molecule has 0 spiro atoms. The third-order valence-corrected chi connectivity index (χ3v) is 3.96. The Kier molecular flexibility index (Phi) is 3.87. The fourth-order valence-corrected chi connectivity index (χ4v) is 2.83. The van der Waals surface area contributed by atoms with Gasteiger partial charge in [0.25, 0.3) is 0 Å². The SMILES string of the molecule is CC[C@@H]1C(=O)OC(c2ccccc2)=C[C@H]1c1ccccc1. The number of rotatable bonds is 3. The van der Waals surface area contributed by atoms with Crippen molar-refractivity contribution in [1.82, 2.24) is 0 Å². The Hall–Kier alpha value is -2.35. The molecule has 0 aliphatic carbocycles. The predicted molar refractivity (Wildman–Crippen MR) is 83.5 cm³/mol. The summed E-state index contributed by atoms with van der Waals surface area (Å²) >= 11 is 0. The maximum Gasteiger partial charge on any atom is 0.315 e. The summed E-state index contributed by atoms with van der Waals surface area (Å²) < 4.78 is 5.55. The van der Waals surface area contributed by atoms with E-state index in [1.54, 1.807) is 0 Å². The lowest BCUT2D eigenvalue weighted by Gasteiger charge is -2.28. The molecule has 1 heterocycles. The number of esters is 1. The first-order valence-electron chi connectivity index (χ1n) is 7.33. The molecule has 0 saturated carbocycles. The third kappa shape index (κ3) is 2.75. The van der Waals surface area contributed by atoms with Crippen LogP contribution in [-0.4, -0.2) is 5.97 Å². The number of carbonyl (C=O) groups is 1. The van der Waals surface area contributed by atoms with Gasteiger partial charge in [0.15, 0.2) is 0 Å². The lowest BCUT2D eigenvalue weighted by atomic mass is 9.82. The Labute approximate surface area is 125 Å². The highest BCUT2D eigenvalue weighted by Crippen LogP contribution is 2.37. The first-order chi connectivity index (χ1) is 10.3.